The molecule has 3 rings (SSSR count). The molecule has 2 aromatic rings. The van der Waals surface area contributed by atoms with Crippen LogP contribution in [0.15, 0.2) is 42.1 Å². The summed E-state index contributed by atoms with van der Waals surface area (Å²) >= 11 is 0. The first kappa shape index (κ1) is 23.9. The number of hydrogen-bond acceptors (Lipinski definition) is 8. The van der Waals surface area contributed by atoms with Crippen LogP contribution in [-0.2, 0) is 14.3 Å². The molecule has 1 aliphatic heterocycles. The molecule has 176 valence electrons. The van der Waals surface area contributed by atoms with Gasteiger partial charge in [0.15, 0.2) is 11.5 Å². The summed E-state index contributed by atoms with van der Waals surface area (Å²) in [5.74, 6) is 1.17. The predicted molar refractivity (Wildman–Crippen MR) is 123 cm³/mol. The van der Waals surface area contributed by atoms with E-state index in [4.69, 9.17) is 23.7 Å². The first-order valence-electron chi connectivity index (χ1n) is 10.3. The molecule has 2 amide bonds. The Morgan fingerprint density at radius 3 is 2.12 bits per heavy atom. The van der Waals surface area contributed by atoms with Crippen LogP contribution < -0.4 is 24.3 Å². The summed E-state index contributed by atoms with van der Waals surface area (Å²) in [7, 11) is 7.68. The van der Waals surface area contributed by atoms with Crippen LogP contribution in [0.25, 0.3) is 5.57 Å². The van der Waals surface area contributed by atoms with E-state index in [-0.39, 0.29) is 17.8 Å². The molecule has 0 spiro atoms. The molecule has 0 fully saturated rings. The summed E-state index contributed by atoms with van der Waals surface area (Å²) in [6.45, 7) is 0.651. The van der Waals surface area contributed by atoms with Crippen LogP contribution in [0, 0.1) is 0 Å². The average Bonchev–Trinajstić information content (AvgIpc) is 3.07. The van der Waals surface area contributed by atoms with Gasteiger partial charge in [0, 0.05) is 26.3 Å². The molecular formula is C24H28N2O7. The van der Waals surface area contributed by atoms with Crippen LogP contribution >= 0.6 is 0 Å². The maximum Gasteiger partial charge on any atom is 0.278 e. The number of benzene rings is 2. The van der Waals surface area contributed by atoms with Crippen LogP contribution in [0.1, 0.15) is 12.0 Å². The third-order valence-corrected chi connectivity index (χ3v) is 5.24. The summed E-state index contributed by atoms with van der Waals surface area (Å²) in [5.41, 5.74) is 1.37. The van der Waals surface area contributed by atoms with E-state index >= 15 is 0 Å². The Balaban J connectivity index is 2.11. The quantitative estimate of drug-likeness (QED) is 0.407. The first-order valence-corrected chi connectivity index (χ1v) is 10.3. The molecule has 2 aromatic carbocycles. The number of methoxy groups -OCH3 is 5. The van der Waals surface area contributed by atoms with Crippen molar-refractivity contribution in [2.75, 3.05) is 54.0 Å². The van der Waals surface area contributed by atoms with Crippen molar-refractivity contribution < 1.29 is 33.3 Å². The molecule has 0 aromatic heterocycles. The number of amides is 2. The van der Waals surface area contributed by atoms with Gasteiger partial charge in [0.2, 0.25) is 0 Å². The SMILES string of the molecule is COCCCN1C(=O)C(Nc2cc(OC)ccc2OC)=C(c2ccc(OC)c(OC)c2)C1=O. The first-order chi connectivity index (χ1) is 16.0. The number of imide groups is 1. The number of carbonyl (C=O) groups excluding carboxylic acids is 2. The molecule has 1 heterocycles. The molecule has 9 heteroatoms. The largest absolute Gasteiger partial charge is 0.497 e. The zero-order valence-corrected chi connectivity index (χ0v) is 19.4. The lowest BCUT2D eigenvalue weighted by Crippen LogP contribution is -2.33. The number of anilines is 1. The van der Waals surface area contributed by atoms with Crippen molar-refractivity contribution in [1.29, 1.82) is 0 Å². The van der Waals surface area contributed by atoms with Crippen molar-refractivity contribution in [2.24, 2.45) is 0 Å². The zero-order chi connectivity index (χ0) is 24.0. The van der Waals surface area contributed by atoms with Gasteiger partial charge in [0.25, 0.3) is 11.8 Å². The maximum atomic E-state index is 13.4. The van der Waals surface area contributed by atoms with E-state index in [1.807, 2.05) is 0 Å². The fourth-order valence-electron chi connectivity index (χ4n) is 3.57. The maximum absolute atomic E-state index is 13.4. The minimum absolute atomic E-state index is 0.135. The Bertz CT molecular complexity index is 1060. The second kappa shape index (κ2) is 10.7. The van der Waals surface area contributed by atoms with Crippen LogP contribution in [0.5, 0.6) is 23.0 Å². The molecule has 9 nitrogen and oxygen atoms in total. The number of nitrogens with one attached hydrogen (secondary N) is 1. The fraction of sp³-hybridized carbons (Fsp3) is 0.333. The van der Waals surface area contributed by atoms with Gasteiger partial charge in [0.05, 0.1) is 39.7 Å². The zero-order valence-electron chi connectivity index (χ0n) is 19.4. The standard InChI is InChI=1S/C24H28N2O7/c1-29-12-6-11-26-23(27)21(15-7-9-19(32-4)20(13-15)33-5)22(24(26)28)25-17-14-16(30-2)8-10-18(17)31-3/h7-10,13-14,25H,6,11-12H2,1-5H3. The highest BCUT2D eigenvalue weighted by Crippen LogP contribution is 2.37. The van der Waals surface area contributed by atoms with Crippen molar-refractivity contribution in [1.82, 2.24) is 4.90 Å². The van der Waals surface area contributed by atoms with Crippen LogP contribution in [-0.4, -0.2) is 65.4 Å². The van der Waals surface area contributed by atoms with Crippen molar-refractivity contribution in [2.45, 2.75) is 6.42 Å². The fourth-order valence-corrected chi connectivity index (χ4v) is 3.57. The Morgan fingerprint density at radius 1 is 0.788 bits per heavy atom. The molecular weight excluding hydrogens is 428 g/mol. The Labute approximate surface area is 192 Å². The molecule has 0 aliphatic carbocycles. The third kappa shape index (κ3) is 4.88. The molecule has 1 N–H and O–H groups in total. The molecule has 0 saturated heterocycles. The molecule has 0 atom stereocenters. The number of carbonyl (C=O) groups is 2. The van der Waals surface area contributed by atoms with Gasteiger partial charge >= 0.3 is 0 Å². The smallest absolute Gasteiger partial charge is 0.278 e. The van der Waals surface area contributed by atoms with E-state index in [1.54, 1.807) is 50.6 Å². The highest BCUT2D eigenvalue weighted by Gasteiger charge is 2.39. The van der Waals surface area contributed by atoms with E-state index in [0.717, 1.165) is 0 Å². The molecule has 1 aliphatic rings. The van der Waals surface area contributed by atoms with Crippen LogP contribution in [0.4, 0.5) is 5.69 Å². The Kier molecular flexibility index (Phi) is 7.78. The van der Waals surface area contributed by atoms with Crippen molar-refractivity contribution in [3.05, 3.63) is 47.7 Å². The highest BCUT2D eigenvalue weighted by molar-refractivity contribution is 6.36. The summed E-state index contributed by atoms with van der Waals surface area (Å²) in [6, 6.07) is 10.2. The topological polar surface area (TPSA) is 95.6 Å². The van der Waals surface area contributed by atoms with Gasteiger partial charge in [0.1, 0.15) is 17.2 Å². The van der Waals surface area contributed by atoms with Crippen LogP contribution in [0.2, 0.25) is 0 Å². The van der Waals surface area contributed by atoms with Gasteiger partial charge < -0.3 is 29.0 Å². The molecule has 0 unspecified atom stereocenters. The molecule has 0 bridgehead atoms. The number of hydrogen-bond donors (Lipinski definition) is 1. The van der Waals surface area contributed by atoms with Crippen LogP contribution in [0.3, 0.4) is 0 Å². The number of rotatable bonds is 11. The van der Waals surface area contributed by atoms with Gasteiger partial charge in [-0.25, -0.2) is 0 Å². The summed E-state index contributed by atoms with van der Waals surface area (Å²) in [4.78, 5) is 27.9. The number of ether oxygens (including phenoxy) is 5. The van der Waals surface area contributed by atoms with E-state index in [2.05, 4.69) is 5.32 Å². The van der Waals surface area contributed by atoms with Gasteiger partial charge in [-0.15, -0.1) is 0 Å². The van der Waals surface area contributed by atoms with E-state index in [9.17, 15) is 9.59 Å². The van der Waals surface area contributed by atoms with Crippen molar-refractivity contribution in [3.63, 3.8) is 0 Å². The lowest BCUT2D eigenvalue weighted by molar-refractivity contribution is -0.136. The van der Waals surface area contributed by atoms with Gasteiger partial charge in [-0.05, 0) is 36.2 Å². The van der Waals surface area contributed by atoms with Crippen molar-refractivity contribution >= 4 is 23.1 Å². The highest BCUT2D eigenvalue weighted by atomic mass is 16.5. The minimum Gasteiger partial charge on any atom is -0.497 e. The van der Waals surface area contributed by atoms with Crippen molar-refractivity contribution in [3.8, 4) is 23.0 Å². The van der Waals surface area contributed by atoms with Gasteiger partial charge in [-0.2, -0.15) is 0 Å². The predicted octanol–water partition coefficient (Wildman–Crippen LogP) is 2.95. The van der Waals surface area contributed by atoms with Gasteiger partial charge in [-0.1, -0.05) is 6.07 Å². The second-order valence-corrected chi connectivity index (χ2v) is 7.12. The van der Waals surface area contributed by atoms with E-state index < -0.39 is 11.8 Å². The molecule has 0 saturated carbocycles. The van der Waals surface area contributed by atoms with E-state index in [1.165, 1.54) is 26.2 Å². The lowest BCUT2D eigenvalue weighted by atomic mass is 10.0. The molecule has 0 radical (unpaired) electrons. The normalized spacial score (nSPS) is 13.4. The minimum atomic E-state index is -0.439. The second-order valence-electron chi connectivity index (χ2n) is 7.12. The summed E-state index contributed by atoms with van der Waals surface area (Å²) in [6.07, 6.45) is 0.517. The Hall–Kier alpha value is -3.72. The van der Waals surface area contributed by atoms with E-state index in [0.29, 0.717) is 47.3 Å². The Morgan fingerprint density at radius 2 is 1.48 bits per heavy atom. The summed E-state index contributed by atoms with van der Waals surface area (Å²) in [5, 5.41) is 3.11. The summed E-state index contributed by atoms with van der Waals surface area (Å²) < 4.78 is 26.5. The molecule has 33 heavy (non-hydrogen) atoms. The van der Waals surface area contributed by atoms with Gasteiger partial charge in [-0.3, -0.25) is 14.5 Å². The average molecular weight is 456 g/mol. The lowest BCUT2D eigenvalue weighted by Gasteiger charge is -2.16. The third-order valence-electron chi connectivity index (χ3n) is 5.24. The number of nitrogens with zero attached hydrogens (tertiary/aromatic N) is 1. The monoisotopic (exact) mass is 456 g/mol.